The molecule has 2 aromatic heterocycles. The number of carbonyl (C=O) groups is 1. The van der Waals surface area contributed by atoms with Gasteiger partial charge in [0.15, 0.2) is 10.8 Å². The van der Waals surface area contributed by atoms with Crippen LogP contribution in [0.2, 0.25) is 0 Å². The van der Waals surface area contributed by atoms with E-state index in [0.717, 1.165) is 17.8 Å². The Morgan fingerprint density at radius 3 is 2.77 bits per heavy atom. The number of nitrogens with zero attached hydrogens (tertiary/aromatic N) is 3. The van der Waals surface area contributed by atoms with Gasteiger partial charge in [-0.1, -0.05) is 30.3 Å². The predicted octanol–water partition coefficient (Wildman–Crippen LogP) is 3.03. The van der Waals surface area contributed by atoms with E-state index in [1.165, 1.54) is 16.9 Å². The lowest BCUT2D eigenvalue weighted by Gasteiger charge is -1.98. The van der Waals surface area contributed by atoms with Crippen LogP contribution in [0.3, 0.4) is 0 Å². The first-order chi connectivity index (χ1) is 10.6. The lowest BCUT2D eigenvalue weighted by atomic mass is 10.1. The zero-order chi connectivity index (χ0) is 15.5. The van der Waals surface area contributed by atoms with E-state index in [4.69, 9.17) is 0 Å². The van der Waals surface area contributed by atoms with Crippen LogP contribution in [0, 0.1) is 6.92 Å². The molecule has 0 spiro atoms. The van der Waals surface area contributed by atoms with Gasteiger partial charge >= 0.3 is 0 Å². The highest BCUT2D eigenvalue weighted by molar-refractivity contribution is 7.14. The van der Waals surface area contributed by atoms with Crippen molar-refractivity contribution >= 4 is 22.4 Å². The van der Waals surface area contributed by atoms with E-state index in [9.17, 15) is 4.79 Å². The highest BCUT2D eigenvalue weighted by atomic mass is 32.1. The van der Waals surface area contributed by atoms with Gasteiger partial charge in [0, 0.05) is 24.5 Å². The summed E-state index contributed by atoms with van der Waals surface area (Å²) in [7, 11) is 1.81. The summed E-state index contributed by atoms with van der Waals surface area (Å²) >= 11 is 1.43. The van der Waals surface area contributed by atoms with Gasteiger partial charge < -0.3 is 0 Å². The molecule has 5 nitrogen and oxygen atoms in total. The van der Waals surface area contributed by atoms with Crippen LogP contribution in [0.1, 0.15) is 27.4 Å². The number of hydrogen-bond donors (Lipinski definition) is 1. The van der Waals surface area contributed by atoms with Gasteiger partial charge in [0.05, 0.1) is 5.69 Å². The molecule has 22 heavy (non-hydrogen) atoms. The van der Waals surface area contributed by atoms with Crippen molar-refractivity contribution in [2.75, 3.05) is 5.32 Å². The number of nitrogens with one attached hydrogen (secondary N) is 1. The van der Waals surface area contributed by atoms with Crippen LogP contribution in [-0.4, -0.2) is 20.7 Å². The molecule has 0 atom stereocenters. The normalized spacial score (nSPS) is 10.6. The van der Waals surface area contributed by atoms with Crippen molar-refractivity contribution in [2.45, 2.75) is 13.3 Å². The summed E-state index contributed by atoms with van der Waals surface area (Å²) in [6.45, 7) is 1.91. The molecule has 0 saturated heterocycles. The van der Waals surface area contributed by atoms with Crippen molar-refractivity contribution in [2.24, 2.45) is 7.05 Å². The molecule has 1 aromatic carbocycles. The first kappa shape index (κ1) is 14.5. The van der Waals surface area contributed by atoms with E-state index < -0.39 is 0 Å². The minimum absolute atomic E-state index is 0.232. The molecule has 0 bridgehead atoms. The second-order valence-corrected chi connectivity index (χ2v) is 5.91. The largest absolute Gasteiger partial charge is 0.296 e. The van der Waals surface area contributed by atoms with Gasteiger partial charge in [-0.05, 0) is 18.6 Å². The summed E-state index contributed by atoms with van der Waals surface area (Å²) in [6, 6.07) is 11.9. The Morgan fingerprint density at radius 2 is 2.09 bits per heavy atom. The third-order valence-electron chi connectivity index (χ3n) is 3.35. The average Bonchev–Trinajstić information content (AvgIpc) is 3.07. The van der Waals surface area contributed by atoms with E-state index >= 15 is 0 Å². The van der Waals surface area contributed by atoms with Crippen molar-refractivity contribution in [1.29, 1.82) is 0 Å². The lowest BCUT2D eigenvalue weighted by Crippen LogP contribution is -2.12. The van der Waals surface area contributed by atoms with Gasteiger partial charge in [0.25, 0.3) is 5.91 Å². The maximum Gasteiger partial charge on any atom is 0.277 e. The Kier molecular flexibility index (Phi) is 4.02. The third-order valence-corrected chi connectivity index (χ3v) is 4.15. The van der Waals surface area contributed by atoms with Gasteiger partial charge in [-0.3, -0.25) is 14.8 Å². The quantitative estimate of drug-likeness (QED) is 0.805. The number of amides is 1. The molecule has 0 aliphatic heterocycles. The van der Waals surface area contributed by atoms with Crippen molar-refractivity contribution in [1.82, 2.24) is 14.8 Å². The maximum atomic E-state index is 12.1. The highest BCUT2D eigenvalue weighted by Crippen LogP contribution is 2.19. The number of aryl methyl sites for hydroxylation is 2. The van der Waals surface area contributed by atoms with Gasteiger partial charge in [-0.15, -0.1) is 11.3 Å². The van der Waals surface area contributed by atoms with E-state index in [-0.39, 0.29) is 5.91 Å². The minimum Gasteiger partial charge on any atom is -0.296 e. The summed E-state index contributed by atoms with van der Waals surface area (Å²) in [5.74, 6) is -0.232. The zero-order valence-electron chi connectivity index (χ0n) is 12.4. The third kappa shape index (κ3) is 3.23. The molecule has 6 heteroatoms. The summed E-state index contributed by atoms with van der Waals surface area (Å²) < 4.78 is 1.68. The number of rotatable bonds is 4. The molecule has 112 valence electrons. The van der Waals surface area contributed by atoms with Crippen LogP contribution in [0.15, 0.2) is 41.8 Å². The SMILES string of the molecule is Cc1cc(C(=O)Nc2nc(Cc3ccccc3)cs2)nn1C. The number of carbonyl (C=O) groups excluding carboxylic acids is 1. The fraction of sp³-hybridized carbons (Fsp3) is 0.188. The van der Waals surface area contributed by atoms with Crippen LogP contribution in [0.4, 0.5) is 5.13 Å². The molecule has 3 aromatic rings. The maximum absolute atomic E-state index is 12.1. The number of hydrogen-bond acceptors (Lipinski definition) is 4. The lowest BCUT2D eigenvalue weighted by molar-refractivity contribution is 0.102. The second-order valence-electron chi connectivity index (χ2n) is 5.06. The van der Waals surface area contributed by atoms with Crippen LogP contribution >= 0.6 is 11.3 Å². The van der Waals surface area contributed by atoms with E-state index in [0.29, 0.717) is 10.8 Å². The van der Waals surface area contributed by atoms with Crippen molar-refractivity contribution < 1.29 is 4.79 Å². The van der Waals surface area contributed by atoms with E-state index in [1.54, 1.807) is 10.7 Å². The number of aromatic nitrogens is 3. The van der Waals surface area contributed by atoms with Crippen molar-refractivity contribution in [3.05, 3.63) is 64.4 Å². The molecule has 0 aliphatic rings. The molecular formula is C16H16N4OS. The number of anilines is 1. The highest BCUT2D eigenvalue weighted by Gasteiger charge is 2.13. The number of benzene rings is 1. The first-order valence-corrected chi connectivity index (χ1v) is 7.80. The molecule has 0 aliphatic carbocycles. The first-order valence-electron chi connectivity index (χ1n) is 6.92. The monoisotopic (exact) mass is 312 g/mol. The summed E-state index contributed by atoms with van der Waals surface area (Å²) in [6.07, 6.45) is 0.760. The summed E-state index contributed by atoms with van der Waals surface area (Å²) in [4.78, 5) is 16.6. The standard InChI is InChI=1S/C16H16N4OS/c1-11-8-14(19-20(11)2)15(21)18-16-17-13(10-22-16)9-12-6-4-3-5-7-12/h3-8,10H,9H2,1-2H3,(H,17,18,21). The van der Waals surface area contributed by atoms with E-state index in [1.807, 2.05) is 37.6 Å². The fourth-order valence-electron chi connectivity index (χ4n) is 2.08. The average molecular weight is 312 g/mol. The molecule has 0 radical (unpaired) electrons. The van der Waals surface area contributed by atoms with Gasteiger partial charge in [0.1, 0.15) is 0 Å². The van der Waals surface area contributed by atoms with Crippen molar-refractivity contribution in [3.8, 4) is 0 Å². The Labute approximate surface area is 132 Å². The Hall–Kier alpha value is -2.47. The number of thiazole rings is 1. The van der Waals surface area contributed by atoms with Gasteiger partial charge in [-0.2, -0.15) is 5.10 Å². The van der Waals surface area contributed by atoms with E-state index in [2.05, 4.69) is 27.5 Å². The minimum atomic E-state index is -0.232. The van der Waals surface area contributed by atoms with Crippen molar-refractivity contribution in [3.63, 3.8) is 0 Å². The van der Waals surface area contributed by atoms with Crippen LogP contribution in [0.5, 0.6) is 0 Å². The topological polar surface area (TPSA) is 59.8 Å². The molecule has 0 saturated carbocycles. The Bertz CT molecular complexity index is 772. The van der Waals surface area contributed by atoms with Gasteiger partial charge in [0.2, 0.25) is 0 Å². The molecular weight excluding hydrogens is 296 g/mol. The summed E-state index contributed by atoms with van der Waals surface area (Å²) in [5, 5.41) is 9.52. The predicted molar refractivity (Wildman–Crippen MR) is 87.3 cm³/mol. The van der Waals surface area contributed by atoms with Crippen LogP contribution in [0.25, 0.3) is 0 Å². The van der Waals surface area contributed by atoms with Crippen LogP contribution < -0.4 is 5.32 Å². The Morgan fingerprint density at radius 1 is 1.32 bits per heavy atom. The van der Waals surface area contributed by atoms with Crippen LogP contribution in [-0.2, 0) is 13.5 Å². The molecule has 1 N–H and O–H groups in total. The summed E-state index contributed by atoms with van der Waals surface area (Å²) in [5.41, 5.74) is 3.49. The molecule has 1 amide bonds. The Balaban J connectivity index is 1.68. The second kappa shape index (κ2) is 6.11. The smallest absolute Gasteiger partial charge is 0.277 e. The molecule has 0 fully saturated rings. The molecule has 2 heterocycles. The fourth-order valence-corrected chi connectivity index (χ4v) is 2.79. The zero-order valence-corrected chi connectivity index (χ0v) is 13.2. The molecule has 0 unspecified atom stereocenters. The van der Waals surface area contributed by atoms with Gasteiger partial charge in [-0.25, -0.2) is 4.98 Å². The molecule has 3 rings (SSSR count).